The molecule has 0 heterocycles. The van der Waals surface area contributed by atoms with Gasteiger partial charge in [0.15, 0.2) is 0 Å². The van der Waals surface area contributed by atoms with Gasteiger partial charge in [-0.05, 0) is 25.0 Å². The molecule has 1 aromatic rings. The molecule has 0 heteroatoms. The van der Waals surface area contributed by atoms with Crippen LogP contribution >= 0.6 is 0 Å². The summed E-state index contributed by atoms with van der Waals surface area (Å²) in [6.45, 7) is 11.9. The fourth-order valence-corrected chi connectivity index (χ4v) is 1.11. The summed E-state index contributed by atoms with van der Waals surface area (Å²) >= 11 is 0. The Kier molecular flexibility index (Phi) is 6.47. The van der Waals surface area contributed by atoms with E-state index in [1.165, 1.54) is 16.7 Å². The summed E-state index contributed by atoms with van der Waals surface area (Å²) in [6, 6.07) is 6.44. The van der Waals surface area contributed by atoms with E-state index in [9.17, 15) is 0 Å². The van der Waals surface area contributed by atoms with Gasteiger partial charge in [-0.25, -0.2) is 0 Å². The van der Waals surface area contributed by atoms with E-state index in [1.54, 1.807) is 6.08 Å². The Morgan fingerprint density at radius 2 is 1.79 bits per heavy atom. The van der Waals surface area contributed by atoms with Gasteiger partial charge in [-0.1, -0.05) is 62.4 Å². The van der Waals surface area contributed by atoms with Crippen LogP contribution in [0.3, 0.4) is 0 Å². The van der Waals surface area contributed by atoms with E-state index in [1.807, 2.05) is 19.9 Å². The van der Waals surface area contributed by atoms with Crippen LogP contribution in [0.25, 0.3) is 6.08 Å². The highest BCUT2D eigenvalue weighted by molar-refractivity contribution is 5.55. The topological polar surface area (TPSA) is 0 Å². The Labute approximate surface area is 88.0 Å². The van der Waals surface area contributed by atoms with Crippen molar-refractivity contribution in [2.24, 2.45) is 0 Å². The largest absolute Gasteiger partial charge is 0.0991 e. The predicted molar refractivity (Wildman–Crippen MR) is 66.5 cm³/mol. The van der Waals surface area contributed by atoms with Gasteiger partial charge in [-0.2, -0.15) is 0 Å². The molecule has 0 aliphatic rings. The molecular weight excluding hydrogens is 168 g/mol. The summed E-state index contributed by atoms with van der Waals surface area (Å²) < 4.78 is 0. The Balaban J connectivity index is 0.000000791. The second-order valence-corrected chi connectivity index (χ2v) is 2.95. The Hall–Kier alpha value is -1.30. The molecule has 0 amide bonds. The first kappa shape index (κ1) is 12.7. The molecule has 0 saturated heterocycles. The highest BCUT2D eigenvalue weighted by atomic mass is 14.0. The molecule has 0 fully saturated rings. The first-order valence-corrected chi connectivity index (χ1v) is 5.10. The molecule has 0 N–H and O–H groups in total. The van der Waals surface area contributed by atoms with Crippen molar-refractivity contribution in [1.29, 1.82) is 0 Å². The van der Waals surface area contributed by atoms with E-state index >= 15 is 0 Å². The van der Waals surface area contributed by atoms with Crippen LogP contribution in [0.4, 0.5) is 0 Å². The zero-order valence-corrected chi connectivity index (χ0v) is 9.67. The lowest BCUT2D eigenvalue weighted by Crippen LogP contribution is -1.81. The maximum Gasteiger partial charge on any atom is -0.0225 e. The van der Waals surface area contributed by atoms with Gasteiger partial charge in [0.1, 0.15) is 0 Å². The highest BCUT2D eigenvalue weighted by Gasteiger charge is 1.92. The fraction of sp³-hybridized carbons (Fsp3) is 0.286. The number of allylic oxidation sites excluding steroid dienone is 2. The summed E-state index contributed by atoms with van der Waals surface area (Å²) in [5.74, 6) is 0. The lowest BCUT2D eigenvalue weighted by atomic mass is 10.1. The molecule has 0 nitrogen and oxygen atoms in total. The third-order valence-corrected chi connectivity index (χ3v) is 1.85. The first-order chi connectivity index (χ1) is 6.74. The van der Waals surface area contributed by atoms with Crippen LogP contribution in [0.1, 0.15) is 30.5 Å². The van der Waals surface area contributed by atoms with Crippen LogP contribution < -0.4 is 0 Å². The Morgan fingerprint density at radius 3 is 2.36 bits per heavy atom. The smallest absolute Gasteiger partial charge is 0.0225 e. The van der Waals surface area contributed by atoms with Crippen molar-refractivity contribution in [3.05, 3.63) is 53.6 Å². The third-order valence-electron chi connectivity index (χ3n) is 1.85. The molecule has 0 aromatic heterocycles. The van der Waals surface area contributed by atoms with Crippen LogP contribution in [0.2, 0.25) is 0 Å². The third kappa shape index (κ3) is 4.08. The van der Waals surface area contributed by atoms with E-state index in [2.05, 4.69) is 44.7 Å². The molecule has 14 heavy (non-hydrogen) atoms. The molecule has 1 aromatic carbocycles. The Bertz CT molecular complexity index is 306. The standard InChI is InChI=1S/C12H14.C2H6/c1-4-5-6-12-9-10(2)7-8-11(12)3;1-2/h4-9H,1H2,2-3H3;1-2H3/b6-5-;. The minimum atomic E-state index is 1.27. The minimum Gasteiger partial charge on any atom is -0.0991 e. The highest BCUT2D eigenvalue weighted by Crippen LogP contribution is 2.11. The molecule has 76 valence electrons. The fourth-order valence-electron chi connectivity index (χ4n) is 1.11. The zero-order chi connectivity index (χ0) is 11.0. The van der Waals surface area contributed by atoms with E-state index < -0.39 is 0 Å². The monoisotopic (exact) mass is 188 g/mol. The Morgan fingerprint density at radius 1 is 1.14 bits per heavy atom. The van der Waals surface area contributed by atoms with Gasteiger partial charge in [0.05, 0.1) is 0 Å². The van der Waals surface area contributed by atoms with E-state index in [-0.39, 0.29) is 0 Å². The van der Waals surface area contributed by atoms with E-state index in [0.717, 1.165) is 0 Å². The number of benzene rings is 1. The number of aryl methyl sites for hydroxylation is 2. The molecule has 0 aliphatic carbocycles. The van der Waals surface area contributed by atoms with Gasteiger partial charge in [0, 0.05) is 0 Å². The molecule has 1 rings (SSSR count). The van der Waals surface area contributed by atoms with Gasteiger partial charge >= 0.3 is 0 Å². The first-order valence-electron chi connectivity index (χ1n) is 5.10. The average Bonchev–Trinajstić information content (AvgIpc) is 2.22. The van der Waals surface area contributed by atoms with Crippen LogP contribution in [-0.4, -0.2) is 0 Å². The van der Waals surface area contributed by atoms with Crippen LogP contribution in [0, 0.1) is 13.8 Å². The summed E-state index contributed by atoms with van der Waals surface area (Å²) in [5.41, 5.74) is 3.87. The molecule has 0 aliphatic heterocycles. The predicted octanol–water partition coefficient (Wildman–Crippen LogP) is 4.53. The molecular formula is C14H20. The number of hydrogen-bond donors (Lipinski definition) is 0. The van der Waals surface area contributed by atoms with Gasteiger partial charge in [-0.15, -0.1) is 0 Å². The second-order valence-electron chi connectivity index (χ2n) is 2.95. The SMILES string of the molecule is C=C/C=C\c1cc(C)ccc1C.CC. The molecule has 0 radical (unpaired) electrons. The second kappa shape index (κ2) is 7.14. The van der Waals surface area contributed by atoms with Gasteiger partial charge < -0.3 is 0 Å². The van der Waals surface area contributed by atoms with Gasteiger partial charge in [-0.3, -0.25) is 0 Å². The quantitative estimate of drug-likeness (QED) is 0.598. The van der Waals surface area contributed by atoms with Crippen molar-refractivity contribution in [3.63, 3.8) is 0 Å². The van der Waals surface area contributed by atoms with Crippen LogP contribution in [0.5, 0.6) is 0 Å². The van der Waals surface area contributed by atoms with E-state index in [4.69, 9.17) is 0 Å². The average molecular weight is 188 g/mol. The van der Waals surface area contributed by atoms with Crippen LogP contribution in [-0.2, 0) is 0 Å². The number of hydrogen-bond acceptors (Lipinski definition) is 0. The zero-order valence-electron chi connectivity index (χ0n) is 9.67. The van der Waals surface area contributed by atoms with Crippen molar-refractivity contribution in [2.75, 3.05) is 0 Å². The lowest BCUT2D eigenvalue weighted by Gasteiger charge is -2.00. The maximum absolute atomic E-state index is 3.64. The van der Waals surface area contributed by atoms with Crippen molar-refractivity contribution >= 4 is 6.08 Å². The summed E-state index contributed by atoms with van der Waals surface area (Å²) in [5, 5.41) is 0. The summed E-state index contributed by atoms with van der Waals surface area (Å²) in [7, 11) is 0. The summed E-state index contributed by atoms with van der Waals surface area (Å²) in [6.07, 6.45) is 5.83. The van der Waals surface area contributed by atoms with Crippen molar-refractivity contribution in [1.82, 2.24) is 0 Å². The molecule has 0 spiro atoms. The van der Waals surface area contributed by atoms with Gasteiger partial charge in [0.2, 0.25) is 0 Å². The molecule has 0 bridgehead atoms. The van der Waals surface area contributed by atoms with Crippen molar-refractivity contribution in [2.45, 2.75) is 27.7 Å². The van der Waals surface area contributed by atoms with Crippen molar-refractivity contribution in [3.8, 4) is 0 Å². The minimum absolute atomic E-state index is 1.27. The lowest BCUT2D eigenvalue weighted by molar-refractivity contribution is 1.38. The van der Waals surface area contributed by atoms with E-state index in [0.29, 0.717) is 0 Å². The molecule has 0 unspecified atom stereocenters. The van der Waals surface area contributed by atoms with Gasteiger partial charge in [0.25, 0.3) is 0 Å². The summed E-state index contributed by atoms with van der Waals surface area (Å²) in [4.78, 5) is 0. The molecule has 0 atom stereocenters. The van der Waals surface area contributed by atoms with Crippen LogP contribution in [0.15, 0.2) is 36.9 Å². The normalized spacial score (nSPS) is 9.43. The maximum atomic E-state index is 3.64. The number of rotatable bonds is 2. The van der Waals surface area contributed by atoms with Crippen molar-refractivity contribution < 1.29 is 0 Å². The molecule has 0 saturated carbocycles.